The molecule has 4 rings (SSSR count). The third-order valence-corrected chi connectivity index (χ3v) is 6.01. The molecule has 0 unspecified atom stereocenters. The summed E-state index contributed by atoms with van der Waals surface area (Å²) >= 11 is 1.09. The van der Waals surface area contributed by atoms with Gasteiger partial charge >= 0.3 is 12.2 Å². The van der Waals surface area contributed by atoms with Gasteiger partial charge in [-0.2, -0.15) is 13.2 Å². The summed E-state index contributed by atoms with van der Waals surface area (Å²) in [4.78, 5) is 12.4. The number of amides is 2. The largest absolute Gasteiger partial charge is 0.416 e. The molecular formula is C22H21F3N2OS. The van der Waals surface area contributed by atoms with Crippen LogP contribution in [0.1, 0.15) is 46.2 Å². The van der Waals surface area contributed by atoms with E-state index in [9.17, 15) is 18.0 Å². The Labute approximate surface area is 171 Å². The summed E-state index contributed by atoms with van der Waals surface area (Å²) in [5.41, 5.74) is 6.19. The summed E-state index contributed by atoms with van der Waals surface area (Å²) in [6.45, 7) is 0. The fraction of sp³-hybridized carbons (Fsp3) is 0.318. The number of urea groups is 1. The van der Waals surface area contributed by atoms with Crippen molar-refractivity contribution >= 4 is 29.7 Å². The van der Waals surface area contributed by atoms with E-state index in [1.807, 2.05) is 0 Å². The molecular weight excluding hydrogens is 397 g/mol. The van der Waals surface area contributed by atoms with Gasteiger partial charge in [-0.3, -0.25) is 4.72 Å². The molecule has 0 fully saturated rings. The highest BCUT2D eigenvalue weighted by atomic mass is 32.2. The first-order valence-electron chi connectivity index (χ1n) is 9.65. The lowest BCUT2D eigenvalue weighted by Crippen LogP contribution is -2.23. The van der Waals surface area contributed by atoms with Crippen LogP contribution in [0.15, 0.2) is 35.7 Å². The number of hydrogen-bond acceptors (Lipinski definition) is 2. The number of fused-ring (bicyclic) bond motifs is 2. The topological polar surface area (TPSA) is 41.1 Å². The number of carbonyl (C=O) groups is 1. The Balaban J connectivity index is 1.35. The second-order valence-corrected chi connectivity index (χ2v) is 8.04. The van der Waals surface area contributed by atoms with Crippen LogP contribution in [-0.4, -0.2) is 6.03 Å². The minimum absolute atomic E-state index is 0.290. The first kappa shape index (κ1) is 19.9. The maximum absolute atomic E-state index is 12.6. The van der Waals surface area contributed by atoms with Crippen LogP contribution in [0.5, 0.6) is 0 Å². The highest BCUT2D eigenvalue weighted by Gasteiger charge is 2.29. The number of hydrogen-bond donors (Lipinski definition) is 2. The van der Waals surface area contributed by atoms with Gasteiger partial charge in [0.05, 0.1) is 5.56 Å². The molecule has 2 aliphatic rings. The number of alkyl halides is 3. The van der Waals surface area contributed by atoms with Crippen molar-refractivity contribution in [3.63, 3.8) is 0 Å². The zero-order valence-corrected chi connectivity index (χ0v) is 16.6. The van der Waals surface area contributed by atoms with E-state index < -0.39 is 11.7 Å². The molecule has 29 heavy (non-hydrogen) atoms. The molecule has 2 aliphatic carbocycles. The van der Waals surface area contributed by atoms with Gasteiger partial charge in [0.15, 0.2) is 0 Å². The molecule has 0 atom stereocenters. The van der Waals surface area contributed by atoms with Crippen molar-refractivity contribution in [3.8, 4) is 0 Å². The minimum atomic E-state index is -4.34. The van der Waals surface area contributed by atoms with Crippen molar-refractivity contribution in [2.24, 2.45) is 0 Å². The van der Waals surface area contributed by atoms with Gasteiger partial charge in [-0.25, -0.2) is 4.79 Å². The Bertz CT molecular complexity index is 920. The fourth-order valence-electron chi connectivity index (χ4n) is 4.09. The summed E-state index contributed by atoms with van der Waals surface area (Å²) < 4.78 is 40.5. The first-order valence-corrected chi connectivity index (χ1v) is 10.5. The van der Waals surface area contributed by atoms with E-state index in [1.54, 1.807) is 11.5 Å². The highest BCUT2D eigenvalue weighted by molar-refractivity contribution is 8.00. The van der Waals surface area contributed by atoms with Crippen LogP contribution in [0.25, 0.3) is 6.08 Å². The number of anilines is 1. The van der Waals surface area contributed by atoms with Crippen molar-refractivity contribution in [2.45, 2.75) is 44.7 Å². The average molecular weight is 418 g/mol. The monoisotopic (exact) mass is 418 g/mol. The number of aryl methyl sites for hydroxylation is 2. The third-order valence-electron chi connectivity index (χ3n) is 5.43. The van der Waals surface area contributed by atoms with Crippen molar-refractivity contribution in [2.75, 3.05) is 5.32 Å². The van der Waals surface area contributed by atoms with Gasteiger partial charge < -0.3 is 5.32 Å². The van der Waals surface area contributed by atoms with Crippen LogP contribution in [0.3, 0.4) is 0 Å². The SMILES string of the molecule is O=C(NS/C=C/c1ccc(C(F)(F)F)cc1)Nc1c2c(cc3c1CCC3)CCC2. The van der Waals surface area contributed by atoms with Crippen LogP contribution in [0.2, 0.25) is 0 Å². The summed E-state index contributed by atoms with van der Waals surface area (Å²) in [6.07, 6.45) is 3.71. The molecule has 7 heteroatoms. The second kappa shape index (κ2) is 8.14. The van der Waals surface area contributed by atoms with Crippen molar-refractivity contribution in [3.05, 3.63) is 69.1 Å². The number of nitrogens with one attached hydrogen (secondary N) is 2. The van der Waals surface area contributed by atoms with E-state index in [2.05, 4.69) is 16.1 Å². The molecule has 2 aromatic carbocycles. The molecule has 2 aromatic rings. The minimum Gasteiger partial charge on any atom is -0.307 e. The van der Waals surface area contributed by atoms with E-state index >= 15 is 0 Å². The molecule has 3 nitrogen and oxygen atoms in total. The van der Waals surface area contributed by atoms with Crippen LogP contribution in [0.4, 0.5) is 23.7 Å². The first-order chi connectivity index (χ1) is 13.9. The molecule has 0 saturated carbocycles. The Morgan fingerprint density at radius 1 is 0.966 bits per heavy atom. The van der Waals surface area contributed by atoms with Crippen molar-refractivity contribution in [1.82, 2.24) is 4.72 Å². The fourth-order valence-corrected chi connectivity index (χ4v) is 4.54. The van der Waals surface area contributed by atoms with Crippen LogP contribution in [-0.2, 0) is 31.9 Å². The highest BCUT2D eigenvalue weighted by Crippen LogP contribution is 2.38. The quantitative estimate of drug-likeness (QED) is 0.587. The maximum Gasteiger partial charge on any atom is 0.416 e. The van der Waals surface area contributed by atoms with Gasteiger partial charge in [-0.05, 0) is 102 Å². The molecule has 2 N–H and O–H groups in total. The number of benzene rings is 2. The van der Waals surface area contributed by atoms with Crippen molar-refractivity contribution in [1.29, 1.82) is 0 Å². The van der Waals surface area contributed by atoms with Gasteiger partial charge in [-0.1, -0.05) is 18.2 Å². The van der Waals surface area contributed by atoms with Crippen LogP contribution >= 0.6 is 11.9 Å². The molecule has 0 bridgehead atoms. The summed E-state index contributed by atoms with van der Waals surface area (Å²) in [5.74, 6) is 0. The summed E-state index contributed by atoms with van der Waals surface area (Å²) in [5, 5.41) is 4.68. The zero-order chi connectivity index (χ0) is 20.4. The van der Waals surface area contributed by atoms with Gasteiger partial charge in [0.2, 0.25) is 0 Å². The second-order valence-electron chi connectivity index (χ2n) is 7.33. The normalized spacial score (nSPS) is 15.4. The molecule has 0 aromatic heterocycles. The predicted molar refractivity (Wildman–Crippen MR) is 111 cm³/mol. The van der Waals surface area contributed by atoms with E-state index in [4.69, 9.17) is 0 Å². The third kappa shape index (κ3) is 4.45. The van der Waals surface area contributed by atoms with Gasteiger partial charge in [0.1, 0.15) is 0 Å². The Morgan fingerprint density at radius 3 is 2.17 bits per heavy atom. The Morgan fingerprint density at radius 2 is 1.59 bits per heavy atom. The molecule has 2 amide bonds. The number of carbonyl (C=O) groups excluding carboxylic acids is 1. The van der Waals surface area contributed by atoms with Crippen LogP contribution in [0, 0.1) is 0 Å². The molecule has 0 aliphatic heterocycles. The number of halogens is 3. The van der Waals surface area contributed by atoms with Crippen LogP contribution < -0.4 is 10.0 Å². The summed E-state index contributed by atoms with van der Waals surface area (Å²) in [6, 6.07) is 6.91. The molecule has 152 valence electrons. The smallest absolute Gasteiger partial charge is 0.307 e. The van der Waals surface area contributed by atoms with Gasteiger partial charge in [-0.15, -0.1) is 0 Å². The number of rotatable bonds is 4. The lowest BCUT2D eigenvalue weighted by Gasteiger charge is -2.16. The van der Waals surface area contributed by atoms with Gasteiger partial charge in [0, 0.05) is 5.69 Å². The average Bonchev–Trinajstić information content (AvgIpc) is 3.34. The van der Waals surface area contributed by atoms with E-state index in [-0.39, 0.29) is 6.03 Å². The molecule has 0 saturated heterocycles. The Kier molecular flexibility index (Phi) is 5.58. The molecule has 0 spiro atoms. The lowest BCUT2D eigenvalue weighted by atomic mass is 9.99. The van der Waals surface area contributed by atoms with Crippen molar-refractivity contribution < 1.29 is 18.0 Å². The molecule has 0 radical (unpaired) electrons. The standard InChI is InChI=1S/C22H21F3N2OS/c23-22(24,25)17-9-7-14(8-10-17)11-12-29-27-21(28)26-20-18-5-1-3-15(18)13-16-4-2-6-19(16)20/h7-13H,1-6H2,(H2,26,27,28)/b12-11+. The van der Waals surface area contributed by atoms with E-state index in [0.29, 0.717) is 5.56 Å². The van der Waals surface area contributed by atoms with E-state index in [0.717, 1.165) is 68.3 Å². The summed E-state index contributed by atoms with van der Waals surface area (Å²) in [7, 11) is 0. The predicted octanol–water partition coefficient (Wildman–Crippen LogP) is 6.12. The van der Waals surface area contributed by atoms with E-state index in [1.165, 1.54) is 34.4 Å². The Hall–Kier alpha value is -2.41. The maximum atomic E-state index is 12.6. The van der Waals surface area contributed by atoms with Gasteiger partial charge in [0.25, 0.3) is 0 Å². The zero-order valence-electron chi connectivity index (χ0n) is 15.7. The lowest BCUT2D eigenvalue weighted by molar-refractivity contribution is -0.137. The molecule has 0 heterocycles.